The minimum absolute atomic E-state index is 0.172. The number of hydrogen-bond acceptors (Lipinski definition) is 4. The molecule has 0 bridgehead atoms. The van der Waals surface area contributed by atoms with Crippen molar-refractivity contribution in [1.29, 1.82) is 0 Å². The van der Waals surface area contributed by atoms with E-state index in [1.165, 1.54) is 10.6 Å². The number of amides is 1. The van der Waals surface area contributed by atoms with Crippen molar-refractivity contribution >= 4 is 43.3 Å². The van der Waals surface area contributed by atoms with Gasteiger partial charge in [-0.05, 0) is 54.4 Å². The largest absolute Gasteiger partial charge is 0.271 e. The van der Waals surface area contributed by atoms with Gasteiger partial charge >= 0.3 is 0 Å². The molecule has 3 aromatic carbocycles. The van der Waals surface area contributed by atoms with Crippen LogP contribution in [0.25, 0.3) is 0 Å². The zero-order chi connectivity index (χ0) is 22.4. The number of anilines is 1. The van der Waals surface area contributed by atoms with Crippen LogP contribution in [0.5, 0.6) is 0 Å². The Labute approximate surface area is 190 Å². The highest BCUT2D eigenvalue weighted by Crippen LogP contribution is 2.20. The molecule has 0 saturated carbocycles. The van der Waals surface area contributed by atoms with Crippen LogP contribution in [0.4, 0.5) is 5.69 Å². The predicted molar refractivity (Wildman–Crippen MR) is 128 cm³/mol. The van der Waals surface area contributed by atoms with Gasteiger partial charge in [-0.25, -0.2) is 13.8 Å². The molecule has 0 fully saturated rings. The summed E-state index contributed by atoms with van der Waals surface area (Å²) in [5.74, 6) is -0.342. The quantitative estimate of drug-likeness (QED) is 0.382. The van der Waals surface area contributed by atoms with Crippen LogP contribution in [-0.2, 0) is 16.6 Å². The first-order valence-corrected chi connectivity index (χ1v) is 12.1. The van der Waals surface area contributed by atoms with Crippen molar-refractivity contribution in [3.8, 4) is 0 Å². The molecule has 0 saturated heterocycles. The van der Waals surface area contributed by atoms with E-state index in [2.05, 4.69) is 26.5 Å². The maximum atomic E-state index is 12.4. The third-order valence-electron chi connectivity index (χ3n) is 4.57. The highest BCUT2D eigenvalue weighted by atomic mass is 79.9. The van der Waals surface area contributed by atoms with Crippen molar-refractivity contribution in [2.24, 2.45) is 5.10 Å². The molecule has 0 aliphatic carbocycles. The molecule has 0 aliphatic heterocycles. The van der Waals surface area contributed by atoms with Gasteiger partial charge in [0.15, 0.2) is 0 Å². The number of benzene rings is 3. The maximum absolute atomic E-state index is 12.4. The van der Waals surface area contributed by atoms with Gasteiger partial charge in [0.1, 0.15) is 0 Å². The third kappa shape index (κ3) is 6.26. The molecule has 0 radical (unpaired) electrons. The minimum atomic E-state index is -3.46. The molecule has 3 aromatic rings. The van der Waals surface area contributed by atoms with Crippen LogP contribution in [0.2, 0.25) is 0 Å². The number of sulfonamides is 1. The van der Waals surface area contributed by atoms with E-state index in [4.69, 9.17) is 0 Å². The van der Waals surface area contributed by atoms with E-state index < -0.39 is 10.0 Å². The van der Waals surface area contributed by atoms with Gasteiger partial charge in [-0.15, -0.1) is 0 Å². The fourth-order valence-corrected chi connectivity index (χ4v) is 4.03. The van der Waals surface area contributed by atoms with Gasteiger partial charge in [0, 0.05) is 10.0 Å². The van der Waals surface area contributed by atoms with E-state index in [1.54, 1.807) is 48.5 Å². The summed E-state index contributed by atoms with van der Waals surface area (Å²) >= 11 is 3.39. The number of nitrogens with zero attached hydrogens (tertiary/aromatic N) is 2. The molecule has 31 heavy (non-hydrogen) atoms. The molecule has 1 N–H and O–H groups in total. The number of carbonyl (C=O) groups is 1. The lowest BCUT2D eigenvalue weighted by atomic mass is 10.1. The second-order valence-electron chi connectivity index (χ2n) is 6.95. The van der Waals surface area contributed by atoms with Crippen LogP contribution >= 0.6 is 15.9 Å². The summed E-state index contributed by atoms with van der Waals surface area (Å²) in [5, 5.41) is 4.16. The lowest BCUT2D eigenvalue weighted by molar-refractivity contribution is 0.0955. The fraction of sp³-hybridized carbons (Fsp3) is 0.130. The lowest BCUT2D eigenvalue weighted by Gasteiger charge is -2.22. The van der Waals surface area contributed by atoms with E-state index in [0.29, 0.717) is 17.0 Å². The Kier molecular flexibility index (Phi) is 7.25. The van der Waals surface area contributed by atoms with Gasteiger partial charge in [0.2, 0.25) is 10.0 Å². The second kappa shape index (κ2) is 9.89. The molecule has 0 aromatic heterocycles. The fourth-order valence-electron chi connectivity index (χ4n) is 2.88. The van der Waals surface area contributed by atoms with Gasteiger partial charge in [-0.1, -0.05) is 58.4 Å². The molecule has 0 spiro atoms. The van der Waals surface area contributed by atoms with E-state index in [0.717, 1.165) is 15.6 Å². The first-order chi connectivity index (χ1) is 14.7. The number of hydrogen-bond donors (Lipinski definition) is 1. The molecule has 160 valence electrons. The lowest BCUT2D eigenvalue weighted by Crippen LogP contribution is -2.29. The number of carbonyl (C=O) groups excluding carboxylic acids is 1. The van der Waals surface area contributed by atoms with Crippen molar-refractivity contribution in [2.75, 3.05) is 10.6 Å². The molecule has 1 amide bonds. The number of hydrazone groups is 1. The van der Waals surface area contributed by atoms with Crippen molar-refractivity contribution in [3.63, 3.8) is 0 Å². The molecule has 0 unspecified atom stereocenters. The Hall–Kier alpha value is -2.97. The summed E-state index contributed by atoms with van der Waals surface area (Å²) in [4.78, 5) is 12.4. The van der Waals surface area contributed by atoms with Crippen LogP contribution < -0.4 is 9.73 Å². The van der Waals surface area contributed by atoms with Gasteiger partial charge in [-0.3, -0.25) is 9.10 Å². The van der Waals surface area contributed by atoms with Gasteiger partial charge < -0.3 is 0 Å². The van der Waals surface area contributed by atoms with Crippen molar-refractivity contribution in [3.05, 3.63) is 100 Å². The molecule has 3 rings (SSSR count). The highest BCUT2D eigenvalue weighted by Gasteiger charge is 2.17. The summed E-state index contributed by atoms with van der Waals surface area (Å²) in [6.07, 6.45) is 1.17. The van der Waals surface area contributed by atoms with Crippen LogP contribution in [-0.4, -0.2) is 26.3 Å². The minimum Gasteiger partial charge on any atom is -0.267 e. The van der Waals surface area contributed by atoms with Gasteiger partial charge in [-0.2, -0.15) is 5.10 Å². The third-order valence-corrected chi connectivity index (χ3v) is 6.24. The highest BCUT2D eigenvalue weighted by molar-refractivity contribution is 9.10. The van der Waals surface area contributed by atoms with Crippen molar-refractivity contribution < 1.29 is 13.2 Å². The molecule has 8 heteroatoms. The standard InChI is InChI=1S/C23H22BrN3O3S/c1-17(19-12-14-21(24)15-13-19)25-26-23(28)20-10-8-18(9-11-20)16-27(31(2,29)30)22-6-4-3-5-7-22/h3-15H,16H2,1-2H3,(H,26,28)/b25-17-. The molecule has 0 aliphatic rings. The van der Waals surface area contributed by atoms with Crippen LogP contribution in [0.3, 0.4) is 0 Å². The molecule has 0 atom stereocenters. The number of nitrogens with one attached hydrogen (secondary N) is 1. The second-order valence-corrected chi connectivity index (χ2v) is 9.77. The zero-order valence-corrected chi connectivity index (χ0v) is 19.5. The summed E-state index contributed by atoms with van der Waals surface area (Å²) < 4.78 is 26.8. The Morgan fingerprint density at radius 1 is 0.935 bits per heavy atom. The van der Waals surface area contributed by atoms with Crippen molar-refractivity contribution in [2.45, 2.75) is 13.5 Å². The average molecular weight is 500 g/mol. The first-order valence-electron chi connectivity index (χ1n) is 9.46. The number of para-hydroxylation sites is 1. The summed E-state index contributed by atoms with van der Waals surface area (Å²) in [6, 6.07) is 23.3. The van der Waals surface area contributed by atoms with E-state index in [1.807, 2.05) is 37.3 Å². The molecule has 6 nitrogen and oxygen atoms in total. The average Bonchev–Trinajstić information content (AvgIpc) is 2.76. The molecular formula is C23H22BrN3O3S. The monoisotopic (exact) mass is 499 g/mol. The smallest absolute Gasteiger partial charge is 0.267 e. The van der Waals surface area contributed by atoms with Crippen LogP contribution in [0, 0.1) is 0 Å². The van der Waals surface area contributed by atoms with Gasteiger partial charge in [0.25, 0.3) is 5.91 Å². The molecular weight excluding hydrogens is 478 g/mol. The summed E-state index contributed by atoms with van der Waals surface area (Å²) in [5.41, 5.74) is 5.92. The topological polar surface area (TPSA) is 78.8 Å². The summed E-state index contributed by atoms with van der Waals surface area (Å²) in [6.45, 7) is 1.99. The Morgan fingerprint density at radius 3 is 2.10 bits per heavy atom. The van der Waals surface area contributed by atoms with Crippen LogP contribution in [0.15, 0.2) is 88.4 Å². The van der Waals surface area contributed by atoms with Crippen LogP contribution in [0.1, 0.15) is 28.4 Å². The zero-order valence-electron chi connectivity index (χ0n) is 17.1. The van der Waals surface area contributed by atoms with Crippen molar-refractivity contribution in [1.82, 2.24) is 5.43 Å². The first kappa shape index (κ1) is 22.7. The predicted octanol–water partition coefficient (Wildman–Crippen LogP) is 4.57. The van der Waals surface area contributed by atoms with Gasteiger partial charge in [0.05, 0.1) is 24.2 Å². The van der Waals surface area contributed by atoms with E-state index >= 15 is 0 Å². The molecule has 0 heterocycles. The Morgan fingerprint density at radius 2 is 1.52 bits per heavy atom. The maximum Gasteiger partial charge on any atom is 0.271 e. The normalized spacial score (nSPS) is 11.8. The SMILES string of the molecule is C/C(=N/NC(=O)c1ccc(CN(c2ccccc2)S(C)(=O)=O)cc1)c1ccc(Br)cc1. The van der Waals surface area contributed by atoms with E-state index in [9.17, 15) is 13.2 Å². The summed E-state index contributed by atoms with van der Waals surface area (Å²) in [7, 11) is -3.46. The van der Waals surface area contributed by atoms with E-state index in [-0.39, 0.29) is 12.5 Å². The number of rotatable bonds is 7. The Balaban J connectivity index is 1.69. The number of halogens is 1. The Bertz CT molecular complexity index is 1180.